The minimum atomic E-state index is 0.453. The number of ether oxygens (including phenoxy) is 1. The fraction of sp³-hybridized carbons (Fsp3) is 0.500. The lowest BCUT2D eigenvalue weighted by molar-refractivity contribution is 0.340. The molecule has 0 saturated carbocycles. The molecule has 2 heterocycles. The van der Waals surface area contributed by atoms with Gasteiger partial charge in [-0.2, -0.15) is 14.8 Å². The highest BCUT2D eigenvalue weighted by Gasteiger charge is 2.08. The smallest absolute Gasteiger partial charge is 0.323 e. The quantitative estimate of drug-likeness (QED) is 0.758. The van der Waals surface area contributed by atoms with E-state index in [9.17, 15) is 0 Å². The lowest BCUT2D eigenvalue weighted by Crippen LogP contribution is -2.14. The minimum Gasteiger partial charge on any atom is -0.491 e. The van der Waals surface area contributed by atoms with E-state index in [1.807, 2.05) is 6.92 Å². The van der Waals surface area contributed by atoms with Gasteiger partial charge in [-0.25, -0.2) is 0 Å². The lowest BCUT2D eigenvalue weighted by Gasteiger charge is -1.97. The predicted octanol–water partition coefficient (Wildman–Crippen LogP) is 1.76. The Labute approximate surface area is 106 Å². The van der Waals surface area contributed by atoms with Crippen LogP contribution in [0.2, 0.25) is 0 Å². The molecule has 0 aliphatic heterocycles. The van der Waals surface area contributed by atoms with Gasteiger partial charge < -0.3 is 14.5 Å². The van der Waals surface area contributed by atoms with E-state index in [1.165, 1.54) is 0 Å². The van der Waals surface area contributed by atoms with Crippen LogP contribution in [0.5, 0.6) is 5.75 Å². The van der Waals surface area contributed by atoms with E-state index in [0.717, 1.165) is 18.7 Å². The first-order valence-corrected chi connectivity index (χ1v) is 6.16. The van der Waals surface area contributed by atoms with Crippen LogP contribution in [0.4, 0.5) is 0 Å². The average molecular weight is 250 g/mol. The Kier molecular flexibility index (Phi) is 4.35. The van der Waals surface area contributed by atoms with Crippen molar-refractivity contribution in [2.45, 2.75) is 26.8 Å². The van der Waals surface area contributed by atoms with Crippen LogP contribution in [0.25, 0.3) is 6.01 Å². The Bertz CT molecular complexity index is 478. The first-order valence-electron chi connectivity index (χ1n) is 6.16. The summed E-state index contributed by atoms with van der Waals surface area (Å²) in [5.41, 5.74) is 0.868. The Morgan fingerprint density at radius 2 is 2.33 bits per heavy atom. The molecule has 0 unspecified atom stereocenters. The summed E-state index contributed by atoms with van der Waals surface area (Å²) in [6.07, 6.45) is 6.13. The largest absolute Gasteiger partial charge is 0.491 e. The maximum atomic E-state index is 5.37. The van der Waals surface area contributed by atoms with Crippen molar-refractivity contribution in [1.82, 2.24) is 20.1 Å². The van der Waals surface area contributed by atoms with Gasteiger partial charge in [0.2, 0.25) is 0 Å². The molecule has 6 heteroatoms. The summed E-state index contributed by atoms with van der Waals surface area (Å²) in [7, 11) is 0. The summed E-state index contributed by atoms with van der Waals surface area (Å²) in [6.45, 7) is 6.35. The second kappa shape index (κ2) is 6.20. The van der Waals surface area contributed by atoms with Crippen molar-refractivity contribution in [3.05, 3.63) is 24.4 Å². The van der Waals surface area contributed by atoms with Gasteiger partial charge in [-0.1, -0.05) is 6.92 Å². The van der Waals surface area contributed by atoms with E-state index >= 15 is 0 Å². The summed E-state index contributed by atoms with van der Waals surface area (Å²) in [5.74, 6) is 0.710. The molecule has 2 aromatic rings. The molecule has 6 nitrogen and oxygen atoms in total. The predicted molar refractivity (Wildman–Crippen MR) is 66.8 cm³/mol. The number of aromatic nitrogens is 3. The van der Waals surface area contributed by atoms with Crippen molar-refractivity contribution in [3.63, 3.8) is 0 Å². The molecule has 2 rings (SSSR count). The molecule has 0 radical (unpaired) electrons. The molecule has 0 spiro atoms. The zero-order valence-electron chi connectivity index (χ0n) is 10.7. The fourth-order valence-electron chi connectivity index (χ4n) is 1.53. The molecule has 0 atom stereocenters. The Balaban J connectivity index is 1.99. The van der Waals surface area contributed by atoms with Gasteiger partial charge in [-0.05, 0) is 19.9 Å². The van der Waals surface area contributed by atoms with Crippen molar-refractivity contribution >= 4 is 0 Å². The number of hydrogen-bond donors (Lipinski definition) is 1. The van der Waals surface area contributed by atoms with Crippen LogP contribution in [0.1, 0.15) is 26.0 Å². The van der Waals surface area contributed by atoms with E-state index < -0.39 is 0 Å². The van der Waals surface area contributed by atoms with Crippen LogP contribution < -0.4 is 10.1 Å². The SMILES string of the molecule is CCCNCc1coc(-n2cc(OCC)cn2)n1. The van der Waals surface area contributed by atoms with Crippen LogP contribution in [0.15, 0.2) is 23.1 Å². The number of nitrogens with zero attached hydrogens (tertiary/aromatic N) is 3. The van der Waals surface area contributed by atoms with Crippen molar-refractivity contribution in [2.24, 2.45) is 0 Å². The van der Waals surface area contributed by atoms with Gasteiger partial charge in [0, 0.05) is 6.54 Å². The number of oxazole rings is 1. The third-order valence-corrected chi connectivity index (χ3v) is 2.34. The third-order valence-electron chi connectivity index (χ3n) is 2.34. The Morgan fingerprint density at radius 3 is 3.11 bits per heavy atom. The van der Waals surface area contributed by atoms with Crippen LogP contribution in [-0.4, -0.2) is 27.9 Å². The molecule has 0 aliphatic rings. The van der Waals surface area contributed by atoms with Gasteiger partial charge in [0.25, 0.3) is 0 Å². The second-order valence-corrected chi connectivity index (χ2v) is 3.85. The van der Waals surface area contributed by atoms with Crippen LogP contribution in [0, 0.1) is 0 Å². The fourth-order valence-corrected chi connectivity index (χ4v) is 1.53. The first-order chi connectivity index (χ1) is 8.83. The van der Waals surface area contributed by atoms with Crippen molar-refractivity contribution in [2.75, 3.05) is 13.2 Å². The summed E-state index contributed by atoms with van der Waals surface area (Å²) in [4.78, 5) is 4.34. The normalized spacial score (nSPS) is 10.8. The van der Waals surface area contributed by atoms with Crippen LogP contribution >= 0.6 is 0 Å². The molecule has 98 valence electrons. The topological polar surface area (TPSA) is 65.1 Å². The van der Waals surface area contributed by atoms with Crippen LogP contribution in [-0.2, 0) is 6.54 Å². The van der Waals surface area contributed by atoms with Gasteiger partial charge in [0.05, 0.1) is 24.7 Å². The number of rotatable bonds is 7. The first kappa shape index (κ1) is 12.6. The summed E-state index contributed by atoms with van der Waals surface area (Å²) < 4.78 is 12.3. The van der Waals surface area contributed by atoms with E-state index in [1.54, 1.807) is 23.3 Å². The van der Waals surface area contributed by atoms with Crippen molar-refractivity contribution in [3.8, 4) is 11.8 Å². The third kappa shape index (κ3) is 3.10. The molecular weight excluding hydrogens is 232 g/mol. The van der Waals surface area contributed by atoms with E-state index in [0.29, 0.717) is 24.9 Å². The minimum absolute atomic E-state index is 0.453. The number of hydrogen-bond acceptors (Lipinski definition) is 5. The summed E-state index contributed by atoms with van der Waals surface area (Å²) >= 11 is 0. The standard InChI is InChI=1S/C12H18N4O2/c1-3-5-13-6-10-9-18-12(15-10)16-8-11(7-14-16)17-4-2/h7-9,13H,3-6H2,1-2H3. The second-order valence-electron chi connectivity index (χ2n) is 3.85. The molecule has 0 bridgehead atoms. The van der Waals surface area contributed by atoms with E-state index in [4.69, 9.17) is 9.15 Å². The highest BCUT2D eigenvalue weighted by atomic mass is 16.5. The molecule has 0 fully saturated rings. The highest BCUT2D eigenvalue weighted by Crippen LogP contribution is 2.13. The molecule has 0 aliphatic carbocycles. The zero-order chi connectivity index (χ0) is 12.8. The van der Waals surface area contributed by atoms with Gasteiger partial charge in [-0.3, -0.25) is 0 Å². The maximum absolute atomic E-state index is 5.37. The molecule has 2 aromatic heterocycles. The Morgan fingerprint density at radius 1 is 1.44 bits per heavy atom. The molecular formula is C12H18N4O2. The van der Waals surface area contributed by atoms with Gasteiger partial charge >= 0.3 is 6.01 Å². The van der Waals surface area contributed by atoms with Gasteiger partial charge in [-0.15, -0.1) is 0 Å². The average Bonchev–Trinajstić information content (AvgIpc) is 2.98. The maximum Gasteiger partial charge on any atom is 0.323 e. The summed E-state index contributed by atoms with van der Waals surface area (Å²) in [6, 6.07) is 0.453. The van der Waals surface area contributed by atoms with Gasteiger partial charge in [0.1, 0.15) is 6.26 Å². The summed E-state index contributed by atoms with van der Waals surface area (Å²) in [5, 5.41) is 7.39. The highest BCUT2D eigenvalue weighted by molar-refractivity contribution is 5.18. The van der Waals surface area contributed by atoms with Crippen molar-refractivity contribution < 1.29 is 9.15 Å². The molecule has 0 amide bonds. The molecule has 1 N–H and O–H groups in total. The molecule has 0 aromatic carbocycles. The van der Waals surface area contributed by atoms with E-state index in [-0.39, 0.29) is 0 Å². The molecule has 0 saturated heterocycles. The zero-order valence-corrected chi connectivity index (χ0v) is 10.7. The number of nitrogens with one attached hydrogen (secondary N) is 1. The Hall–Kier alpha value is -1.82. The lowest BCUT2D eigenvalue weighted by atomic mass is 10.4. The van der Waals surface area contributed by atoms with E-state index in [2.05, 4.69) is 22.3 Å². The monoisotopic (exact) mass is 250 g/mol. The molecule has 18 heavy (non-hydrogen) atoms. The van der Waals surface area contributed by atoms with Crippen molar-refractivity contribution in [1.29, 1.82) is 0 Å². The van der Waals surface area contributed by atoms with Gasteiger partial charge in [0.15, 0.2) is 5.75 Å². The van der Waals surface area contributed by atoms with Crippen LogP contribution in [0.3, 0.4) is 0 Å².